The first-order valence-electron chi connectivity index (χ1n) is 4.63. The maximum atomic E-state index is 10.8. The molecule has 0 aliphatic carbocycles. The van der Waals surface area contributed by atoms with E-state index in [1.165, 1.54) is 13.5 Å². The maximum absolute atomic E-state index is 10.8. The van der Waals surface area contributed by atoms with E-state index >= 15 is 0 Å². The Hall–Kier alpha value is -0.530. The lowest BCUT2D eigenvalue weighted by molar-refractivity contribution is -0.141. The van der Waals surface area contributed by atoms with Crippen molar-refractivity contribution in [3.05, 3.63) is 0 Å². The number of rotatable bonds is 5. The smallest absolute Gasteiger partial charge is 0.305 e. The molecule has 0 saturated heterocycles. The van der Waals surface area contributed by atoms with Crippen molar-refractivity contribution >= 4 is 5.97 Å². The summed E-state index contributed by atoms with van der Waals surface area (Å²) in [7, 11) is 1.44. The number of methoxy groups -OCH3 is 1. The van der Waals surface area contributed by atoms with Crippen LogP contribution in [0.25, 0.3) is 0 Å². The van der Waals surface area contributed by atoms with Crippen molar-refractivity contribution in [2.45, 2.75) is 40.0 Å². The molecule has 12 heavy (non-hydrogen) atoms. The van der Waals surface area contributed by atoms with Crippen molar-refractivity contribution in [1.82, 2.24) is 0 Å². The molecule has 0 fully saturated rings. The highest BCUT2D eigenvalue weighted by atomic mass is 16.5. The molecule has 0 amide bonds. The molecular formula is C10H20O2. The summed E-state index contributed by atoms with van der Waals surface area (Å²) < 4.78 is 4.59. The Bertz CT molecular complexity index is 130. The van der Waals surface area contributed by atoms with Crippen molar-refractivity contribution in [3.8, 4) is 0 Å². The van der Waals surface area contributed by atoms with E-state index in [0.29, 0.717) is 12.3 Å². The van der Waals surface area contributed by atoms with Gasteiger partial charge in [0.15, 0.2) is 0 Å². The minimum Gasteiger partial charge on any atom is -0.469 e. The van der Waals surface area contributed by atoms with Gasteiger partial charge in [-0.2, -0.15) is 0 Å². The Balaban J connectivity index is 3.45. The summed E-state index contributed by atoms with van der Waals surface area (Å²) in [4.78, 5) is 10.8. The molecule has 1 atom stereocenters. The van der Waals surface area contributed by atoms with E-state index in [9.17, 15) is 4.79 Å². The van der Waals surface area contributed by atoms with Gasteiger partial charge < -0.3 is 4.74 Å². The highest BCUT2D eigenvalue weighted by Crippen LogP contribution is 2.14. The molecule has 72 valence electrons. The molecule has 0 rings (SSSR count). The number of ether oxygens (including phenoxy) is 1. The van der Waals surface area contributed by atoms with Crippen LogP contribution in [0.5, 0.6) is 0 Å². The van der Waals surface area contributed by atoms with Gasteiger partial charge in [0.05, 0.1) is 7.11 Å². The Morgan fingerprint density at radius 2 is 1.83 bits per heavy atom. The summed E-state index contributed by atoms with van der Waals surface area (Å²) in [5.41, 5.74) is 0. The number of carbonyl (C=O) groups is 1. The normalized spacial score (nSPS) is 13.1. The zero-order valence-electron chi connectivity index (χ0n) is 8.59. The summed E-state index contributed by atoms with van der Waals surface area (Å²) in [5.74, 6) is 1.09. The average Bonchev–Trinajstić information content (AvgIpc) is 2.00. The lowest BCUT2D eigenvalue weighted by Gasteiger charge is -2.10. The van der Waals surface area contributed by atoms with Gasteiger partial charge in [-0.05, 0) is 18.3 Å². The maximum Gasteiger partial charge on any atom is 0.305 e. The van der Waals surface area contributed by atoms with Crippen molar-refractivity contribution in [2.24, 2.45) is 11.8 Å². The molecule has 0 saturated carbocycles. The molecule has 0 aliphatic rings. The van der Waals surface area contributed by atoms with Crippen LogP contribution in [0.2, 0.25) is 0 Å². The first-order chi connectivity index (χ1) is 5.56. The third kappa shape index (κ3) is 6.20. The quantitative estimate of drug-likeness (QED) is 0.596. The van der Waals surface area contributed by atoms with E-state index in [1.807, 2.05) is 0 Å². The molecule has 0 aliphatic heterocycles. The molecule has 0 N–H and O–H groups in total. The van der Waals surface area contributed by atoms with Crippen LogP contribution in [0.15, 0.2) is 0 Å². The van der Waals surface area contributed by atoms with E-state index in [-0.39, 0.29) is 5.97 Å². The first-order valence-corrected chi connectivity index (χ1v) is 4.63. The molecule has 0 spiro atoms. The van der Waals surface area contributed by atoms with Gasteiger partial charge in [-0.1, -0.05) is 27.2 Å². The fourth-order valence-corrected chi connectivity index (χ4v) is 1.09. The zero-order valence-corrected chi connectivity index (χ0v) is 8.59. The van der Waals surface area contributed by atoms with Gasteiger partial charge in [-0.3, -0.25) is 4.79 Å². The van der Waals surface area contributed by atoms with Gasteiger partial charge in [0, 0.05) is 6.42 Å². The van der Waals surface area contributed by atoms with Gasteiger partial charge in [-0.25, -0.2) is 0 Å². The fourth-order valence-electron chi connectivity index (χ4n) is 1.09. The van der Waals surface area contributed by atoms with E-state index in [0.717, 1.165) is 12.3 Å². The van der Waals surface area contributed by atoms with Gasteiger partial charge in [0.2, 0.25) is 0 Å². The van der Waals surface area contributed by atoms with Crippen LogP contribution < -0.4 is 0 Å². The lowest BCUT2D eigenvalue weighted by Crippen LogP contribution is -2.07. The van der Waals surface area contributed by atoms with E-state index in [4.69, 9.17) is 0 Å². The molecular weight excluding hydrogens is 152 g/mol. The highest BCUT2D eigenvalue weighted by molar-refractivity contribution is 5.69. The van der Waals surface area contributed by atoms with Gasteiger partial charge in [0.25, 0.3) is 0 Å². The van der Waals surface area contributed by atoms with E-state index in [1.54, 1.807) is 0 Å². The summed E-state index contributed by atoms with van der Waals surface area (Å²) in [5, 5.41) is 0. The topological polar surface area (TPSA) is 26.3 Å². The molecule has 0 aromatic carbocycles. The second kappa shape index (κ2) is 6.04. The minimum atomic E-state index is -0.0914. The SMILES string of the molecule is COC(=O)C[C@H](C)CCC(C)C. The number of hydrogen-bond donors (Lipinski definition) is 0. The Morgan fingerprint density at radius 3 is 2.25 bits per heavy atom. The lowest BCUT2D eigenvalue weighted by atomic mass is 9.97. The highest BCUT2D eigenvalue weighted by Gasteiger charge is 2.09. The van der Waals surface area contributed by atoms with Gasteiger partial charge in [-0.15, -0.1) is 0 Å². The van der Waals surface area contributed by atoms with E-state index < -0.39 is 0 Å². The summed E-state index contributed by atoms with van der Waals surface area (Å²) >= 11 is 0. The number of carbonyl (C=O) groups excluding carboxylic acids is 1. The minimum absolute atomic E-state index is 0.0914. The third-order valence-corrected chi connectivity index (χ3v) is 1.98. The van der Waals surface area contributed by atoms with Crippen molar-refractivity contribution < 1.29 is 9.53 Å². The van der Waals surface area contributed by atoms with Crippen molar-refractivity contribution in [3.63, 3.8) is 0 Å². The molecule has 0 bridgehead atoms. The number of hydrogen-bond acceptors (Lipinski definition) is 2. The second-order valence-electron chi connectivity index (χ2n) is 3.86. The summed E-state index contributed by atoms with van der Waals surface area (Å²) in [6.45, 7) is 6.50. The van der Waals surface area contributed by atoms with Crippen molar-refractivity contribution in [1.29, 1.82) is 0 Å². The van der Waals surface area contributed by atoms with Crippen LogP contribution >= 0.6 is 0 Å². The average molecular weight is 172 g/mol. The Kier molecular flexibility index (Phi) is 5.77. The fraction of sp³-hybridized carbons (Fsp3) is 0.900. The molecule has 0 aromatic rings. The van der Waals surface area contributed by atoms with Crippen LogP contribution in [0.3, 0.4) is 0 Å². The molecule has 0 unspecified atom stereocenters. The Morgan fingerprint density at radius 1 is 1.25 bits per heavy atom. The van der Waals surface area contributed by atoms with Crippen LogP contribution in [0.4, 0.5) is 0 Å². The monoisotopic (exact) mass is 172 g/mol. The first kappa shape index (κ1) is 11.5. The molecule has 0 radical (unpaired) electrons. The standard InChI is InChI=1S/C10H20O2/c1-8(2)5-6-9(3)7-10(11)12-4/h8-9H,5-7H2,1-4H3/t9-/m1/s1. The predicted octanol–water partition coefficient (Wildman–Crippen LogP) is 2.62. The van der Waals surface area contributed by atoms with Gasteiger partial charge in [0.1, 0.15) is 0 Å². The third-order valence-electron chi connectivity index (χ3n) is 1.98. The van der Waals surface area contributed by atoms with Crippen LogP contribution in [-0.2, 0) is 9.53 Å². The second-order valence-corrected chi connectivity index (χ2v) is 3.86. The molecule has 0 aromatic heterocycles. The number of esters is 1. The molecule has 2 heteroatoms. The van der Waals surface area contributed by atoms with Gasteiger partial charge >= 0.3 is 5.97 Å². The zero-order chi connectivity index (χ0) is 9.56. The summed E-state index contributed by atoms with van der Waals surface area (Å²) in [6, 6.07) is 0. The van der Waals surface area contributed by atoms with Crippen molar-refractivity contribution in [2.75, 3.05) is 7.11 Å². The summed E-state index contributed by atoms with van der Waals surface area (Å²) in [6.07, 6.45) is 2.87. The van der Waals surface area contributed by atoms with Crippen LogP contribution in [-0.4, -0.2) is 13.1 Å². The molecule has 0 heterocycles. The van der Waals surface area contributed by atoms with E-state index in [2.05, 4.69) is 25.5 Å². The predicted molar refractivity (Wildman–Crippen MR) is 49.9 cm³/mol. The Labute approximate surface area is 75.3 Å². The molecule has 2 nitrogen and oxygen atoms in total. The largest absolute Gasteiger partial charge is 0.469 e. The van der Waals surface area contributed by atoms with Crippen LogP contribution in [0.1, 0.15) is 40.0 Å². The van der Waals surface area contributed by atoms with Crippen LogP contribution in [0, 0.1) is 11.8 Å².